The van der Waals surface area contributed by atoms with Crippen LogP contribution in [-0.4, -0.2) is 26.4 Å². The van der Waals surface area contributed by atoms with Gasteiger partial charge in [-0.1, -0.05) is 42.1 Å². The van der Waals surface area contributed by atoms with Crippen molar-refractivity contribution in [3.63, 3.8) is 0 Å². The fraction of sp³-hybridized carbons (Fsp3) is 0.167. The molecule has 0 bridgehead atoms. The summed E-state index contributed by atoms with van der Waals surface area (Å²) in [6.45, 7) is 4.09. The van der Waals surface area contributed by atoms with Gasteiger partial charge >= 0.3 is 5.97 Å². The number of para-hydroxylation sites is 2. The number of imidazole rings is 1. The highest BCUT2D eigenvalue weighted by atomic mass is 35.5. The van der Waals surface area contributed by atoms with Crippen molar-refractivity contribution in [2.45, 2.75) is 11.7 Å². The third-order valence-electron chi connectivity index (χ3n) is 2.27. The van der Waals surface area contributed by atoms with Gasteiger partial charge in [0.05, 0.1) is 23.3 Å². The van der Waals surface area contributed by atoms with Crippen LogP contribution in [-0.2, 0) is 11.3 Å². The molecule has 2 rings (SSSR count). The number of rotatable bonds is 5. The molecule has 0 radical (unpaired) electrons. The summed E-state index contributed by atoms with van der Waals surface area (Å²) >= 11 is 7.01. The molecule has 6 heteroatoms. The van der Waals surface area contributed by atoms with Crippen LogP contribution in [0, 0.1) is 0 Å². The van der Waals surface area contributed by atoms with E-state index in [0.29, 0.717) is 16.7 Å². The molecule has 1 aromatic heterocycles. The molecule has 1 N–H and O–H groups in total. The van der Waals surface area contributed by atoms with Crippen molar-refractivity contribution in [2.75, 3.05) is 5.75 Å². The van der Waals surface area contributed by atoms with Crippen LogP contribution in [0.25, 0.3) is 11.0 Å². The summed E-state index contributed by atoms with van der Waals surface area (Å²) in [4.78, 5) is 15.0. The number of hydrogen-bond acceptors (Lipinski definition) is 3. The van der Waals surface area contributed by atoms with Crippen molar-refractivity contribution in [2.24, 2.45) is 0 Å². The number of aliphatic carboxylic acids is 1. The van der Waals surface area contributed by atoms with Gasteiger partial charge in [0.2, 0.25) is 0 Å². The quantitative estimate of drug-likeness (QED) is 0.857. The minimum atomic E-state index is -0.872. The number of halogens is 1. The maximum atomic E-state index is 10.6. The summed E-state index contributed by atoms with van der Waals surface area (Å²) in [5.74, 6) is -0.902. The summed E-state index contributed by atoms with van der Waals surface area (Å²) in [6, 6.07) is 7.60. The molecular formula is C12H11ClN2O2S. The van der Waals surface area contributed by atoms with E-state index in [9.17, 15) is 4.79 Å². The first-order valence-electron chi connectivity index (χ1n) is 5.21. The number of allylic oxidation sites excluding steroid dienone is 1. The van der Waals surface area contributed by atoms with Crippen LogP contribution in [0.4, 0.5) is 0 Å². The van der Waals surface area contributed by atoms with Crippen LogP contribution < -0.4 is 0 Å². The van der Waals surface area contributed by atoms with E-state index in [1.165, 1.54) is 11.8 Å². The number of carboxylic acids is 1. The van der Waals surface area contributed by atoms with Gasteiger partial charge in [-0.05, 0) is 12.1 Å². The lowest BCUT2D eigenvalue weighted by Crippen LogP contribution is -2.03. The fourth-order valence-corrected chi connectivity index (χ4v) is 2.47. The SMILES string of the molecule is C=C(Cl)Cn1c(SCC(=O)O)nc2ccccc21. The lowest BCUT2D eigenvalue weighted by molar-refractivity contribution is -0.133. The second-order valence-corrected chi connectivity index (χ2v) is 5.15. The minimum absolute atomic E-state index is 0.0297. The molecule has 18 heavy (non-hydrogen) atoms. The first-order chi connectivity index (χ1) is 8.58. The smallest absolute Gasteiger partial charge is 0.313 e. The zero-order valence-electron chi connectivity index (χ0n) is 9.47. The number of fused-ring (bicyclic) bond motifs is 1. The Morgan fingerprint density at radius 3 is 2.89 bits per heavy atom. The summed E-state index contributed by atoms with van der Waals surface area (Å²) in [6.07, 6.45) is 0. The van der Waals surface area contributed by atoms with Crippen molar-refractivity contribution in [1.82, 2.24) is 9.55 Å². The molecule has 0 atom stereocenters. The van der Waals surface area contributed by atoms with Gasteiger partial charge in [-0.2, -0.15) is 0 Å². The van der Waals surface area contributed by atoms with Gasteiger partial charge in [0.15, 0.2) is 5.16 Å². The monoisotopic (exact) mass is 282 g/mol. The number of aromatic nitrogens is 2. The molecular weight excluding hydrogens is 272 g/mol. The predicted molar refractivity (Wildman–Crippen MR) is 73.1 cm³/mol. The summed E-state index contributed by atoms with van der Waals surface area (Å²) in [5, 5.41) is 9.84. The van der Waals surface area contributed by atoms with Crippen molar-refractivity contribution in [3.8, 4) is 0 Å². The normalized spacial score (nSPS) is 10.7. The largest absolute Gasteiger partial charge is 0.481 e. The Bertz CT molecular complexity index is 609. The second kappa shape index (κ2) is 5.46. The number of carbonyl (C=O) groups is 1. The van der Waals surface area contributed by atoms with E-state index in [-0.39, 0.29) is 5.75 Å². The van der Waals surface area contributed by atoms with E-state index in [2.05, 4.69) is 11.6 Å². The third-order valence-corrected chi connectivity index (χ3v) is 3.35. The molecule has 0 unspecified atom stereocenters. The molecule has 1 heterocycles. The van der Waals surface area contributed by atoms with Gasteiger partial charge in [0.25, 0.3) is 0 Å². The molecule has 0 aliphatic rings. The average molecular weight is 283 g/mol. The van der Waals surface area contributed by atoms with Crippen LogP contribution in [0.3, 0.4) is 0 Å². The van der Waals surface area contributed by atoms with Crippen molar-refractivity contribution in [1.29, 1.82) is 0 Å². The van der Waals surface area contributed by atoms with Gasteiger partial charge in [0.1, 0.15) is 0 Å². The lowest BCUT2D eigenvalue weighted by Gasteiger charge is -2.06. The van der Waals surface area contributed by atoms with Crippen LogP contribution in [0.15, 0.2) is 41.0 Å². The van der Waals surface area contributed by atoms with E-state index in [0.717, 1.165) is 11.0 Å². The second-order valence-electron chi connectivity index (χ2n) is 3.67. The Morgan fingerprint density at radius 2 is 2.22 bits per heavy atom. The molecule has 0 amide bonds. The number of carboxylic acid groups (broad SMARTS) is 1. The summed E-state index contributed by atoms with van der Waals surface area (Å²) < 4.78 is 1.87. The number of nitrogens with zero attached hydrogens (tertiary/aromatic N) is 2. The molecule has 2 aromatic rings. The van der Waals surface area contributed by atoms with Crippen molar-refractivity contribution >= 4 is 40.4 Å². The molecule has 94 valence electrons. The maximum absolute atomic E-state index is 10.6. The van der Waals surface area contributed by atoms with E-state index in [1.807, 2.05) is 28.8 Å². The average Bonchev–Trinajstić information content (AvgIpc) is 2.64. The molecule has 0 fully saturated rings. The number of thioether (sulfide) groups is 1. The van der Waals surface area contributed by atoms with Gasteiger partial charge in [0, 0.05) is 5.03 Å². The van der Waals surface area contributed by atoms with Gasteiger partial charge < -0.3 is 9.67 Å². The van der Waals surface area contributed by atoms with E-state index in [1.54, 1.807) is 0 Å². The van der Waals surface area contributed by atoms with Crippen LogP contribution in [0.2, 0.25) is 0 Å². The first kappa shape index (κ1) is 13.0. The Hall–Kier alpha value is -1.46. The summed E-state index contributed by atoms with van der Waals surface area (Å²) in [7, 11) is 0. The first-order valence-corrected chi connectivity index (χ1v) is 6.57. The Kier molecular flexibility index (Phi) is 3.93. The van der Waals surface area contributed by atoms with E-state index in [4.69, 9.17) is 16.7 Å². The molecule has 0 aliphatic carbocycles. The van der Waals surface area contributed by atoms with Crippen LogP contribution in [0.1, 0.15) is 0 Å². The van der Waals surface area contributed by atoms with E-state index >= 15 is 0 Å². The van der Waals surface area contributed by atoms with Gasteiger partial charge in [-0.3, -0.25) is 4.79 Å². The highest BCUT2D eigenvalue weighted by Crippen LogP contribution is 2.25. The van der Waals surface area contributed by atoms with Gasteiger partial charge in [-0.25, -0.2) is 4.98 Å². The molecule has 1 aromatic carbocycles. The third kappa shape index (κ3) is 2.86. The fourth-order valence-electron chi connectivity index (χ4n) is 1.61. The maximum Gasteiger partial charge on any atom is 0.313 e. The number of hydrogen-bond donors (Lipinski definition) is 1. The van der Waals surface area contributed by atoms with Crippen molar-refractivity contribution < 1.29 is 9.90 Å². The standard InChI is InChI=1S/C12H11ClN2O2S/c1-8(13)6-15-10-5-3-2-4-9(10)14-12(15)18-7-11(16)17/h2-5H,1,6-7H2,(H,16,17). The Morgan fingerprint density at radius 1 is 1.50 bits per heavy atom. The molecule has 0 saturated heterocycles. The van der Waals surface area contributed by atoms with Crippen LogP contribution >= 0.6 is 23.4 Å². The highest BCUT2D eigenvalue weighted by molar-refractivity contribution is 7.99. The topological polar surface area (TPSA) is 55.1 Å². The molecule has 0 spiro atoms. The molecule has 0 aliphatic heterocycles. The van der Waals surface area contributed by atoms with E-state index < -0.39 is 5.97 Å². The zero-order valence-corrected chi connectivity index (χ0v) is 11.0. The van der Waals surface area contributed by atoms with Crippen LogP contribution in [0.5, 0.6) is 0 Å². The Labute approximate surface area is 113 Å². The molecule has 4 nitrogen and oxygen atoms in total. The Balaban J connectivity index is 2.42. The number of benzene rings is 1. The predicted octanol–water partition coefficient (Wildman–Crippen LogP) is 2.97. The molecule has 0 saturated carbocycles. The highest BCUT2D eigenvalue weighted by Gasteiger charge is 2.12. The zero-order chi connectivity index (χ0) is 13.1. The lowest BCUT2D eigenvalue weighted by atomic mass is 10.3. The van der Waals surface area contributed by atoms with Gasteiger partial charge in [-0.15, -0.1) is 0 Å². The van der Waals surface area contributed by atoms with Crippen molar-refractivity contribution in [3.05, 3.63) is 35.9 Å². The minimum Gasteiger partial charge on any atom is -0.481 e. The summed E-state index contributed by atoms with van der Waals surface area (Å²) in [5.41, 5.74) is 1.75.